The Labute approximate surface area is 155 Å². The van der Waals surface area contributed by atoms with Crippen molar-refractivity contribution >= 4 is 39.8 Å². The van der Waals surface area contributed by atoms with Crippen LogP contribution in [0.1, 0.15) is 57.8 Å². The number of hydrogen-bond donors (Lipinski definition) is 1. The van der Waals surface area contributed by atoms with Crippen LogP contribution < -0.4 is 5.32 Å². The predicted molar refractivity (Wildman–Crippen MR) is 98.7 cm³/mol. The van der Waals surface area contributed by atoms with E-state index in [0.29, 0.717) is 10.6 Å². The van der Waals surface area contributed by atoms with Crippen molar-refractivity contribution in [3.05, 3.63) is 45.1 Å². The molecule has 0 fully saturated rings. The number of amides is 1. The van der Waals surface area contributed by atoms with E-state index < -0.39 is 0 Å². The molecule has 1 aliphatic carbocycles. The summed E-state index contributed by atoms with van der Waals surface area (Å²) in [7, 11) is 0. The van der Waals surface area contributed by atoms with Gasteiger partial charge in [0.2, 0.25) is 0 Å². The van der Waals surface area contributed by atoms with E-state index in [4.69, 9.17) is 16.3 Å². The van der Waals surface area contributed by atoms with Crippen molar-refractivity contribution in [1.29, 1.82) is 0 Å². The number of pyridine rings is 1. The Morgan fingerprint density at radius 3 is 2.80 bits per heavy atom. The van der Waals surface area contributed by atoms with Gasteiger partial charge in [-0.1, -0.05) is 11.6 Å². The summed E-state index contributed by atoms with van der Waals surface area (Å²) < 4.78 is 5.39. The van der Waals surface area contributed by atoms with Gasteiger partial charge in [0.1, 0.15) is 10.2 Å². The summed E-state index contributed by atoms with van der Waals surface area (Å²) in [6, 6.07) is 3.25. The summed E-state index contributed by atoms with van der Waals surface area (Å²) in [6.45, 7) is 3.62. The molecule has 132 valence electrons. The SMILES string of the molecule is CC(C)OC(=O)c1c(NC(=O)c2cccnc2Cl)sc2c1CCCC2. The Morgan fingerprint density at radius 2 is 2.08 bits per heavy atom. The molecule has 2 aromatic rings. The van der Waals surface area contributed by atoms with Crippen molar-refractivity contribution in [2.45, 2.75) is 45.6 Å². The fourth-order valence-electron chi connectivity index (χ4n) is 2.87. The third kappa shape index (κ3) is 3.85. The van der Waals surface area contributed by atoms with Gasteiger partial charge in [0, 0.05) is 11.1 Å². The van der Waals surface area contributed by atoms with E-state index in [0.717, 1.165) is 36.1 Å². The van der Waals surface area contributed by atoms with Gasteiger partial charge in [-0.25, -0.2) is 9.78 Å². The van der Waals surface area contributed by atoms with Gasteiger partial charge in [-0.3, -0.25) is 4.79 Å². The second-order valence-electron chi connectivity index (χ2n) is 6.16. The number of anilines is 1. The van der Waals surface area contributed by atoms with E-state index in [1.165, 1.54) is 17.5 Å². The first-order chi connectivity index (χ1) is 12.0. The molecule has 1 aliphatic rings. The highest BCUT2D eigenvalue weighted by Crippen LogP contribution is 2.39. The number of thiophene rings is 1. The van der Waals surface area contributed by atoms with Gasteiger partial charge >= 0.3 is 5.97 Å². The fourth-order valence-corrected chi connectivity index (χ4v) is 4.35. The highest BCUT2D eigenvalue weighted by Gasteiger charge is 2.28. The van der Waals surface area contributed by atoms with Crippen molar-refractivity contribution in [3.63, 3.8) is 0 Å². The van der Waals surface area contributed by atoms with Gasteiger partial charge in [-0.2, -0.15) is 0 Å². The molecule has 0 bridgehead atoms. The van der Waals surface area contributed by atoms with Crippen LogP contribution in [0.25, 0.3) is 0 Å². The average molecular weight is 379 g/mol. The van der Waals surface area contributed by atoms with E-state index >= 15 is 0 Å². The maximum Gasteiger partial charge on any atom is 0.341 e. The van der Waals surface area contributed by atoms with Gasteiger partial charge in [-0.05, 0) is 57.2 Å². The second-order valence-corrected chi connectivity index (χ2v) is 7.63. The first-order valence-corrected chi connectivity index (χ1v) is 9.44. The van der Waals surface area contributed by atoms with Crippen LogP contribution in [0.15, 0.2) is 18.3 Å². The van der Waals surface area contributed by atoms with Crippen molar-refractivity contribution in [3.8, 4) is 0 Å². The maximum absolute atomic E-state index is 12.6. The third-order valence-electron chi connectivity index (χ3n) is 3.95. The number of nitrogens with zero attached hydrogens (tertiary/aromatic N) is 1. The van der Waals surface area contributed by atoms with Crippen molar-refractivity contribution in [2.75, 3.05) is 5.32 Å². The van der Waals surface area contributed by atoms with Gasteiger partial charge < -0.3 is 10.1 Å². The number of rotatable bonds is 4. The van der Waals surface area contributed by atoms with Gasteiger partial charge in [0.15, 0.2) is 0 Å². The Morgan fingerprint density at radius 1 is 1.32 bits per heavy atom. The number of carbonyl (C=O) groups excluding carboxylic acids is 2. The molecular formula is C18H19ClN2O3S. The zero-order chi connectivity index (χ0) is 18.0. The number of carbonyl (C=O) groups is 2. The van der Waals surface area contributed by atoms with Gasteiger partial charge in [0.25, 0.3) is 5.91 Å². The molecule has 2 heterocycles. The molecule has 0 atom stereocenters. The number of hydrogen-bond acceptors (Lipinski definition) is 5. The van der Waals surface area contributed by atoms with Crippen LogP contribution in [0, 0.1) is 0 Å². The molecule has 3 rings (SSSR count). The highest BCUT2D eigenvalue weighted by molar-refractivity contribution is 7.17. The lowest BCUT2D eigenvalue weighted by atomic mass is 9.95. The first kappa shape index (κ1) is 17.9. The van der Waals surface area contributed by atoms with E-state index in [9.17, 15) is 9.59 Å². The molecule has 0 aromatic carbocycles. The lowest BCUT2D eigenvalue weighted by Gasteiger charge is -2.14. The molecule has 25 heavy (non-hydrogen) atoms. The molecule has 0 aliphatic heterocycles. The molecule has 0 radical (unpaired) electrons. The number of halogens is 1. The summed E-state index contributed by atoms with van der Waals surface area (Å²) in [4.78, 5) is 30.2. The Kier molecular flexibility index (Phi) is 5.39. The minimum absolute atomic E-state index is 0.132. The Balaban J connectivity index is 1.95. The Hall–Kier alpha value is -1.92. The molecule has 1 N–H and O–H groups in total. The molecule has 2 aromatic heterocycles. The molecule has 5 nitrogen and oxygen atoms in total. The van der Waals surface area contributed by atoms with Crippen molar-refractivity contribution in [2.24, 2.45) is 0 Å². The summed E-state index contributed by atoms with van der Waals surface area (Å²) in [5.74, 6) is -0.766. The van der Waals surface area contributed by atoms with E-state index in [-0.39, 0.29) is 28.7 Å². The van der Waals surface area contributed by atoms with Crippen LogP contribution in [-0.4, -0.2) is 23.0 Å². The van der Waals surface area contributed by atoms with Crippen LogP contribution in [0.5, 0.6) is 0 Å². The highest BCUT2D eigenvalue weighted by atomic mass is 35.5. The van der Waals surface area contributed by atoms with Crippen LogP contribution in [0.2, 0.25) is 5.15 Å². The number of aromatic nitrogens is 1. The summed E-state index contributed by atoms with van der Waals surface area (Å²) in [5, 5.41) is 3.50. The largest absolute Gasteiger partial charge is 0.459 e. The molecular weight excluding hydrogens is 360 g/mol. The van der Waals surface area contributed by atoms with Crippen LogP contribution >= 0.6 is 22.9 Å². The lowest BCUT2D eigenvalue weighted by molar-refractivity contribution is 0.0378. The first-order valence-electron chi connectivity index (χ1n) is 8.24. The molecule has 0 saturated heterocycles. The van der Waals surface area contributed by atoms with Crippen molar-refractivity contribution in [1.82, 2.24) is 4.98 Å². The smallest absolute Gasteiger partial charge is 0.341 e. The minimum atomic E-state index is -0.387. The number of ether oxygens (including phenoxy) is 1. The van der Waals surface area contributed by atoms with Gasteiger partial charge in [-0.15, -0.1) is 11.3 Å². The molecule has 0 saturated carbocycles. The summed E-state index contributed by atoms with van der Waals surface area (Å²) in [5.41, 5.74) is 1.77. The maximum atomic E-state index is 12.6. The zero-order valence-corrected chi connectivity index (χ0v) is 15.7. The molecule has 7 heteroatoms. The second kappa shape index (κ2) is 7.54. The lowest BCUT2D eigenvalue weighted by Crippen LogP contribution is -2.18. The van der Waals surface area contributed by atoms with E-state index in [1.54, 1.807) is 12.1 Å². The standard InChI is InChI=1S/C18H19ClN2O3S/c1-10(2)24-18(23)14-11-6-3-4-8-13(11)25-17(14)21-16(22)12-7-5-9-20-15(12)19/h5,7,9-10H,3-4,6,8H2,1-2H3,(H,21,22). The average Bonchev–Trinajstić information content (AvgIpc) is 2.92. The number of aryl methyl sites for hydroxylation is 1. The van der Waals surface area contributed by atoms with Crippen LogP contribution in [-0.2, 0) is 17.6 Å². The predicted octanol–water partition coefficient (Wildman–Crippen LogP) is 4.49. The summed E-state index contributed by atoms with van der Waals surface area (Å²) in [6.07, 6.45) is 5.18. The van der Waals surface area contributed by atoms with Crippen molar-refractivity contribution < 1.29 is 14.3 Å². The number of esters is 1. The molecule has 1 amide bonds. The number of fused-ring (bicyclic) bond motifs is 1. The zero-order valence-electron chi connectivity index (χ0n) is 14.1. The molecule has 0 unspecified atom stereocenters. The monoisotopic (exact) mass is 378 g/mol. The van der Waals surface area contributed by atoms with Crippen LogP contribution in [0.3, 0.4) is 0 Å². The number of nitrogens with one attached hydrogen (secondary N) is 1. The van der Waals surface area contributed by atoms with Gasteiger partial charge in [0.05, 0.1) is 17.2 Å². The topological polar surface area (TPSA) is 68.3 Å². The van der Waals surface area contributed by atoms with Crippen LogP contribution in [0.4, 0.5) is 5.00 Å². The van der Waals surface area contributed by atoms with E-state index in [2.05, 4.69) is 10.3 Å². The fraction of sp³-hybridized carbons (Fsp3) is 0.389. The summed E-state index contributed by atoms with van der Waals surface area (Å²) >= 11 is 7.45. The normalized spacial score (nSPS) is 13.4. The Bertz CT molecular complexity index is 817. The third-order valence-corrected chi connectivity index (χ3v) is 5.46. The quantitative estimate of drug-likeness (QED) is 0.628. The molecule has 0 spiro atoms. The minimum Gasteiger partial charge on any atom is -0.459 e. The van der Waals surface area contributed by atoms with E-state index in [1.807, 2.05) is 13.8 Å².